The molecule has 100 valence electrons. The maximum Gasteiger partial charge on any atom is 0.212 e. The van der Waals surface area contributed by atoms with E-state index in [1.165, 1.54) is 18.4 Å². The number of hydrogen-bond acceptors (Lipinski definition) is 4. The van der Waals surface area contributed by atoms with Crippen LogP contribution in [0.2, 0.25) is 0 Å². The number of piperidine rings is 1. The lowest BCUT2D eigenvalue weighted by Crippen LogP contribution is -2.46. The number of pyridine rings is 1. The van der Waals surface area contributed by atoms with E-state index < -0.39 is 0 Å². The SMILES string of the molecule is CNC1CCN(Cc2ccc(OC)nc2)C(C)C1. The quantitative estimate of drug-likeness (QED) is 0.880. The Morgan fingerprint density at radius 1 is 1.50 bits per heavy atom. The summed E-state index contributed by atoms with van der Waals surface area (Å²) in [5.74, 6) is 0.681. The number of ether oxygens (including phenoxy) is 1. The first-order valence-corrected chi connectivity index (χ1v) is 6.63. The van der Waals surface area contributed by atoms with Crippen molar-refractivity contribution in [2.45, 2.75) is 38.4 Å². The van der Waals surface area contributed by atoms with Crippen LogP contribution in [0.1, 0.15) is 25.3 Å². The number of methoxy groups -OCH3 is 1. The van der Waals surface area contributed by atoms with E-state index in [9.17, 15) is 0 Å². The fourth-order valence-corrected chi connectivity index (χ4v) is 2.58. The minimum absolute atomic E-state index is 0.623. The molecule has 18 heavy (non-hydrogen) atoms. The molecule has 0 saturated carbocycles. The zero-order valence-corrected chi connectivity index (χ0v) is 11.5. The van der Waals surface area contributed by atoms with E-state index >= 15 is 0 Å². The number of hydrogen-bond donors (Lipinski definition) is 1. The molecule has 0 aromatic carbocycles. The van der Waals surface area contributed by atoms with Gasteiger partial charge in [0.1, 0.15) is 0 Å². The van der Waals surface area contributed by atoms with Gasteiger partial charge in [-0.1, -0.05) is 6.07 Å². The minimum Gasteiger partial charge on any atom is -0.481 e. The van der Waals surface area contributed by atoms with Crippen molar-refractivity contribution in [1.29, 1.82) is 0 Å². The molecule has 1 aliphatic rings. The zero-order valence-electron chi connectivity index (χ0n) is 11.5. The first kappa shape index (κ1) is 13.3. The molecule has 1 saturated heterocycles. The highest BCUT2D eigenvalue weighted by atomic mass is 16.5. The van der Waals surface area contributed by atoms with Gasteiger partial charge in [0, 0.05) is 37.4 Å². The van der Waals surface area contributed by atoms with Crippen molar-refractivity contribution >= 4 is 0 Å². The fraction of sp³-hybridized carbons (Fsp3) is 0.643. The zero-order chi connectivity index (χ0) is 13.0. The minimum atomic E-state index is 0.623. The summed E-state index contributed by atoms with van der Waals surface area (Å²) >= 11 is 0. The van der Waals surface area contributed by atoms with Crippen LogP contribution >= 0.6 is 0 Å². The summed E-state index contributed by atoms with van der Waals surface area (Å²) in [6, 6.07) is 5.33. The lowest BCUT2D eigenvalue weighted by Gasteiger charge is -2.37. The molecule has 4 heteroatoms. The van der Waals surface area contributed by atoms with E-state index in [0.29, 0.717) is 18.0 Å². The summed E-state index contributed by atoms with van der Waals surface area (Å²) in [5, 5.41) is 3.38. The van der Waals surface area contributed by atoms with Crippen LogP contribution in [0.5, 0.6) is 5.88 Å². The molecule has 2 atom stereocenters. The summed E-state index contributed by atoms with van der Waals surface area (Å²) in [5.41, 5.74) is 1.26. The lowest BCUT2D eigenvalue weighted by molar-refractivity contribution is 0.131. The largest absolute Gasteiger partial charge is 0.481 e. The first-order chi connectivity index (χ1) is 8.72. The Bertz CT molecular complexity index is 366. The first-order valence-electron chi connectivity index (χ1n) is 6.63. The van der Waals surface area contributed by atoms with Crippen LogP contribution in [0.25, 0.3) is 0 Å². The molecule has 1 fully saturated rings. The highest BCUT2D eigenvalue weighted by Crippen LogP contribution is 2.19. The summed E-state index contributed by atoms with van der Waals surface area (Å²) in [6.45, 7) is 4.44. The molecule has 4 nitrogen and oxygen atoms in total. The van der Waals surface area contributed by atoms with Gasteiger partial charge in [-0.05, 0) is 32.4 Å². The van der Waals surface area contributed by atoms with E-state index in [0.717, 1.165) is 13.1 Å². The van der Waals surface area contributed by atoms with Gasteiger partial charge in [-0.2, -0.15) is 0 Å². The normalized spacial score (nSPS) is 25.1. The number of rotatable bonds is 4. The molecular weight excluding hydrogens is 226 g/mol. The molecule has 2 unspecified atom stereocenters. The maximum atomic E-state index is 5.08. The van der Waals surface area contributed by atoms with Gasteiger partial charge < -0.3 is 10.1 Å². The molecule has 2 rings (SSSR count). The van der Waals surface area contributed by atoms with Gasteiger partial charge in [0.25, 0.3) is 0 Å². The molecule has 0 radical (unpaired) electrons. The second-order valence-corrected chi connectivity index (χ2v) is 5.04. The Labute approximate surface area is 109 Å². The summed E-state index contributed by atoms with van der Waals surface area (Å²) in [4.78, 5) is 6.78. The van der Waals surface area contributed by atoms with Crippen LogP contribution in [0.3, 0.4) is 0 Å². The van der Waals surface area contributed by atoms with Crippen molar-refractivity contribution in [3.05, 3.63) is 23.9 Å². The van der Waals surface area contributed by atoms with Gasteiger partial charge in [0.05, 0.1) is 7.11 Å². The Hall–Kier alpha value is -1.13. The van der Waals surface area contributed by atoms with E-state index in [4.69, 9.17) is 4.74 Å². The van der Waals surface area contributed by atoms with Gasteiger partial charge in [-0.3, -0.25) is 4.90 Å². The van der Waals surface area contributed by atoms with Crippen LogP contribution in [0.15, 0.2) is 18.3 Å². The molecule has 1 aromatic heterocycles. The third-order valence-corrected chi connectivity index (χ3v) is 3.81. The molecule has 2 heterocycles. The maximum absolute atomic E-state index is 5.08. The third kappa shape index (κ3) is 3.21. The topological polar surface area (TPSA) is 37.4 Å². The second-order valence-electron chi connectivity index (χ2n) is 5.04. The molecule has 0 bridgehead atoms. The molecule has 0 amide bonds. The molecule has 1 N–H and O–H groups in total. The van der Waals surface area contributed by atoms with Gasteiger partial charge in [0.2, 0.25) is 5.88 Å². The van der Waals surface area contributed by atoms with Crippen LogP contribution in [-0.4, -0.2) is 42.7 Å². The number of nitrogens with one attached hydrogen (secondary N) is 1. The standard InChI is InChI=1S/C14H23N3O/c1-11-8-13(15-2)6-7-17(11)10-12-4-5-14(18-3)16-9-12/h4-5,9,11,13,15H,6-8,10H2,1-3H3. The highest BCUT2D eigenvalue weighted by Gasteiger charge is 2.24. The van der Waals surface area contributed by atoms with E-state index in [1.54, 1.807) is 7.11 Å². The van der Waals surface area contributed by atoms with Gasteiger partial charge in [0.15, 0.2) is 0 Å². The molecule has 0 spiro atoms. The van der Waals surface area contributed by atoms with Gasteiger partial charge in [-0.25, -0.2) is 4.98 Å². The molecular formula is C14H23N3O. The Kier molecular flexibility index (Phi) is 4.55. The van der Waals surface area contributed by atoms with Crippen LogP contribution < -0.4 is 10.1 Å². The summed E-state index contributed by atoms with van der Waals surface area (Å²) < 4.78 is 5.08. The second kappa shape index (κ2) is 6.16. The average Bonchev–Trinajstić information content (AvgIpc) is 2.42. The summed E-state index contributed by atoms with van der Waals surface area (Å²) in [7, 11) is 3.70. The van der Waals surface area contributed by atoms with E-state index in [-0.39, 0.29) is 0 Å². The number of aromatic nitrogens is 1. The Morgan fingerprint density at radius 2 is 2.33 bits per heavy atom. The van der Waals surface area contributed by atoms with Crippen molar-refractivity contribution in [2.24, 2.45) is 0 Å². The van der Waals surface area contributed by atoms with Crippen molar-refractivity contribution < 1.29 is 4.74 Å². The summed E-state index contributed by atoms with van der Waals surface area (Å²) in [6.07, 6.45) is 4.36. The van der Waals surface area contributed by atoms with E-state index in [2.05, 4.69) is 35.2 Å². The highest BCUT2D eigenvalue weighted by molar-refractivity contribution is 5.17. The van der Waals surface area contributed by atoms with Crippen LogP contribution in [0.4, 0.5) is 0 Å². The Morgan fingerprint density at radius 3 is 2.89 bits per heavy atom. The average molecular weight is 249 g/mol. The molecule has 1 aromatic rings. The predicted octanol–water partition coefficient (Wildman–Crippen LogP) is 1.66. The van der Waals surface area contributed by atoms with E-state index in [1.807, 2.05) is 12.3 Å². The number of nitrogens with zero attached hydrogens (tertiary/aromatic N) is 2. The van der Waals surface area contributed by atoms with Gasteiger partial charge in [-0.15, -0.1) is 0 Å². The van der Waals surface area contributed by atoms with Gasteiger partial charge >= 0.3 is 0 Å². The Balaban J connectivity index is 1.92. The molecule has 1 aliphatic heterocycles. The van der Waals surface area contributed by atoms with Crippen LogP contribution in [0, 0.1) is 0 Å². The lowest BCUT2D eigenvalue weighted by atomic mass is 9.98. The third-order valence-electron chi connectivity index (χ3n) is 3.81. The molecule has 0 aliphatic carbocycles. The predicted molar refractivity (Wildman–Crippen MR) is 72.7 cm³/mol. The van der Waals surface area contributed by atoms with Crippen molar-refractivity contribution in [3.8, 4) is 5.88 Å². The van der Waals surface area contributed by atoms with Crippen molar-refractivity contribution in [1.82, 2.24) is 15.2 Å². The number of likely N-dealkylation sites (tertiary alicyclic amines) is 1. The van der Waals surface area contributed by atoms with Crippen molar-refractivity contribution in [3.63, 3.8) is 0 Å². The monoisotopic (exact) mass is 249 g/mol. The van der Waals surface area contributed by atoms with Crippen LogP contribution in [-0.2, 0) is 6.54 Å². The smallest absolute Gasteiger partial charge is 0.212 e. The van der Waals surface area contributed by atoms with Crippen molar-refractivity contribution in [2.75, 3.05) is 20.7 Å². The fourth-order valence-electron chi connectivity index (χ4n) is 2.58.